The third kappa shape index (κ3) is 7.64. The summed E-state index contributed by atoms with van der Waals surface area (Å²) in [5, 5.41) is -0.0699. The van der Waals surface area contributed by atoms with Crippen molar-refractivity contribution in [2.24, 2.45) is 0 Å². The van der Waals surface area contributed by atoms with E-state index in [0.717, 1.165) is 55.3 Å². The zero-order chi connectivity index (χ0) is 21.2. The molecule has 3 rings (SSSR count). The normalized spacial score (nSPS) is 14.3. The van der Waals surface area contributed by atoms with E-state index in [1.807, 2.05) is 24.3 Å². The minimum atomic E-state index is -0.105. The number of ether oxygens (including phenoxy) is 2. The standard InChI is InChI=1S/C21H25N3O4S2/c1-16(25)29-15-20(26)17-2-7-21(22-14-17)23-30-19-5-3-18(4-6-19)28-13-10-24-8-11-27-12-9-24/h2-7,14H,8-13,15H2,1H3,(H,22,23). The Kier molecular flexibility index (Phi) is 9.00. The zero-order valence-electron chi connectivity index (χ0n) is 16.8. The molecule has 1 aromatic carbocycles. The summed E-state index contributed by atoms with van der Waals surface area (Å²) in [5.41, 5.74) is 0.498. The Morgan fingerprint density at radius 2 is 1.93 bits per heavy atom. The van der Waals surface area contributed by atoms with Crippen LogP contribution in [0.15, 0.2) is 47.5 Å². The van der Waals surface area contributed by atoms with Crippen LogP contribution in [-0.2, 0) is 9.53 Å². The lowest BCUT2D eigenvalue weighted by Gasteiger charge is -2.26. The largest absolute Gasteiger partial charge is 0.492 e. The Bertz CT molecular complexity index is 825. The van der Waals surface area contributed by atoms with E-state index < -0.39 is 0 Å². The number of aromatic nitrogens is 1. The molecular weight excluding hydrogens is 422 g/mol. The van der Waals surface area contributed by atoms with Gasteiger partial charge in [0.15, 0.2) is 10.9 Å². The monoisotopic (exact) mass is 447 g/mol. The second-order valence-corrected chi connectivity index (χ2v) is 8.65. The zero-order valence-corrected chi connectivity index (χ0v) is 18.5. The molecule has 1 fully saturated rings. The van der Waals surface area contributed by atoms with Gasteiger partial charge in [0, 0.05) is 43.2 Å². The Hall–Kier alpha value is -2.07. The molecule has 0 amide bonds. The van der Waals surface area contributed by atoms with Crippen LogP contribution in [0.5, 0.6) is 5.75 Å². The summed E-state index contributed by atoms with van der Waals surface area (Å²) in [5.74, 6) is 1.53. The molecule has 1 saturated heterocycles. The van der Waals surface area contributed by atoms with Gasteiger partial charge in [0.25, 0.3) is 0 Å². The van der Waals surface area contributed by atoms with E-state index in [4.69, 9.17) is 9.47 Å². The Balaban J connectivity index is 1.40. The molecule has 0 atom stereocenters. The predicted octanol–water partition coefficient (Wildman–Crippen LogP) is 3.37. The van der Waals surface area contributed by atoms with Crippen molar-refractivity contribution >= 4 is 40.4 Å². The number of pyridine rings is 1. The summed E-state index contributed by atoms with van der Waals surface area (Å²) in [4.78, 5) is 30.6. The van der Waals surface area contributed by atoms with E-state index in [2.05, 4.69) is 14.6 Å². The van der Waals surface area contributed by atoms with Gasteiger partial charge in [0.1, 0.15) is 18.2 Å². The fourth-order valence-corrected chi connectivity index (χ4v) is 3.82. The summed E-state index contributed by atoms with van der Waals surface area (Å²) < 4.78 is 14.3. The van der Waals surface area contributed by atoms with Crippen LogP contribution in [0.1, 0.15) is 17.3 Å². The molecule has 0 radical (unpaired) electrons. The van der Waals surface area contributed by atoms with E-state index in [1.54, 1.807) is 12.1 Å². The van der Waals surface area contributed by atoms with Gasteiger partial charge >= 0.3 is 0 Å². The van der Waals surface area contributed by atoms with Crippen LogP contribution in [0.4, 0.5) is 5.82 Å². The summed E-state index contributed by atoms with van der Waals surface area (Å²) in [7, 11) is 0. The number of hydrogen-bond donors (Lipinski definition) is 1. The second kappa shape index (κ2) is 11.9. The van der Waals surface area contributed by atoms with E-state index >= 15 is 0 Å². The molecule has 0 aliphatic carbocycles. The summed E-state index contributed by atoms with van der Waals surface area (Å²) in [6.45, 7) is 6.53. The molecule has 9 heteroatoms. The van der Waals surface area contributed by atoms with Crippen LogP contribution in [0, 0.1) is 0 Å². The topological polar surface area (TPSA) is 80.8 Å². The van der Waals surface area contributed by atoms with Gasteiger partial charge in [-0.05, 0) is 48.3 Å². The highest BCUT2D eigenvalue weighted by Crippen LogP contribution is 2.23. The molecule has 0 bridgehead atoms. The van der Waals surface area contributed by atoms with Crippen molar-refractivity contribution in [1.82, 2.24) is 9.88 Å². The molecule has 1 aromatic heterocycles. The number of nitrogens with one attached hydrogen (secondary N) is 1. The molecule has 0 saturated carbocycles. The summed E-state index contributed by atoms with van der Waals surface area (Å²) >= 11 is 2.44. The fourth-order valence-electron chi connectivity index (χ4n) is 2.70. The number of carbonyl (C=O) groups is 2. The molecule has 1 N–H and O–H groups in total. The molecular formula is C21H25N3O4S2. The fraction of sp³-hybridized carbons (Fsp3) is 0.381. The first-order valence-electron chi connectivity index (χ1n) is 9.68. The number of hydrogen-bond acceptors (Lipinski definition) is 9. The van der Waals surface area contributed by atoms with E-state index in [-0.39, 0.29) is 16.7 Å². The third-order valence-corrected chi connectivity index (χ3v) is 6.00. The van der Waals surface area contributed by atoms with Crippen LogP contribution < -0.4 is 9.46 Å². The predicted molar refractivity (Wildman–Crippen MR) is 120 cm³/mol. The first kappa shape index (κ1) is 22.6. The van der Waals surface area contributed by atoms with Crippen molar-refractivity contribution in [1.29, 1.82) is 0 Å². The molecule has 2 aromatic rings. The van der Waals surface area contributed by atoms with Crippen molar-refractivity contribution < 1.29 is 19.1 Å². The molecule has 7 nitrogen and oxygen atoms in total. The van der Waals surface area contributed by atoms with Gasteiger partial charge in [-0.2, -0.15) is 0 Å². The Labute approximate surface area is 185 Å². The Morgan fingerprint density at radius 1 is 1.17 bits per heavy atom. The molecule has 2 heterocycles. The van der Waals surface area contributed by atoms with Crippen LogP contribution in [0.25, 0.3) is 0 Å². The van der Waals surface area contributed by atoms with E-state index in [9.17, 15) is 9.59 Å². The minimum absolute atomic E-state index is 0.0699. The average Bonchev–Trinajstić information content (AvgIpc) is 2.78. The van der Waals surface area contributed by atoms with Gasteiger partial charge in [0.05, 0.1) is 19.0 Å². The molecule has 30 heavy (non-hydrogen) atoms. The average molecular weight is 448 g/mol. The van der Waals surface area contributed by atoms with Gasteiger partial charge < -0.3 is 14.2 Å². The highest BCUT2D eigenvalue weighted by Gasteiger charge is 2.10. The number of Topliss-reactive ketones (excluding diaryl/α,β-unsaturated/α-hetero) is 1. The second-order valence-electron chi connectivity index (χ2n) is 6.61. The summed E-state index contributed by atoms with van der Waals surface area (Å²) in [6, 6.07) is 11.3. The van der Waals surface area contributed by atoms with E-state index in [1.165, 1.54) is 25.1 Å². The molecule has 1 aliphatic rings. The van der Waals surface area contributed by atoms with Gasteiger partial charge in [-0.1, -0.05) is 11.8 Å². The lowest BCUT2D eigenvalue weighted by molar-refractivity contribution is -0.109. The van der Waals surface area contributed by atoms with Crippen molar-refractivity contribution in [2.75, 3.05) is 49.9 Å². The highest BCUT2D eigenvalue weighted by molar-refractivity contribution is 8.14. The van der Waals surface area contributed by atoms with Gasteiger partial charge in [0.2, 0.25) is 0 Å². The molecule has 0 spiro atoms. The highest BCUT2D eigenvalue weighted by atomic mass is 32.2. The lowest BCUT2D eigenvalue weighted by Crippen LogP contribution is -2.38. The van der Waals surface area contributed by atoms with Crippen LogP contribution >= 0.6 is 23.7 Å². The number of benzene rings is 1. The third-order valence-electron chi connectivity index (χ3n) is 4.37. The first-order chi connectivity index (χ1) is 14.6. The number of anilines is 1. The van der Waals surface area contributed by atoms with Crippen molar-refractivity contribution in [3.05, 3.63) is 48.2 Å². The SMILES string of the molecule is CC(=O)SCC(=O)c1ccc(NSc2ccc(OCCN3CCOCC3)cc2)nc1. The van der Waals surface area contributed by atoms with Crippen LogP contribution in [0.2, 0.25) is 0 Å². The number of thioether (sulfide) groups is 1. The van der Waals surface area contributed by atoms with Gasteiger partial charge in [-0.25, -0.2) is 4.98 Å². The van der Waals surface area contributed by atoms with Crippen LogP contribution in [0.3, 0.4) is 0 Å². The van der Waals surface area contributed by atoms with Crippen molar-refractivity contribution in [3.63, 3.8) is 0 Å². The van der Waals surface area contributed by atoms with E-state index in [0.29, 0.717) is 18.0 Å². The van der Waals surface area contributed by atoms with Crippen molar-refractivity contribution in [2.45, 2.75) is 11.8 Å². The van der Waals surface area contributed by atoms with Crippen molar-refractivity contribution in [3.8, 4) is 5.75 Å². The number of carbonyl (C=O) groups excluding carboxylic acids is 2. The molecule has 1 aliphatic heterocycles. The molecule has 0 unspecified atom stereocenters. The number of ketones is 1. The van der Waals surface area contributed by atoms with Gasteiger partial charge in [-0.15, -0.1) is 0 Å². The first-order valence-corrected chi connectivity index (χ1v) is 11.5. The smallest absolute Gasteiger partial charge is 0.186 e. The maximum atomic E-state index is 12.0. The number of nitrogens with zero attached hydrogens (tertiary/aromatic N) is 2. The number of morpholine rings is 1. The number of rotatable bonds is 10. The van der Waals surface area contributed by atoms with Gasteiger partial charge in [-0.3, -0.25) is 14.5 Å². The maximum Gasteiger partial charge on any atom is 0.186 e. The molecule has 160 valence electrons. The minimum Gasteiger partial charge on any atom is -0.492 e. The van der Waals surface area contributed by atoms with Crippen LogP contribution in [-0.4, -0.2) is 66.0 Å². The quantitative estimate of drug-likeness (QED) is 0.435. The Morgan fingerprint density at radius 3 is 2.60 bits per heavy atom. The lowest BCUT2D eigenvalue weighted by atomic mass is 10.2. The summed E-state index contributed by atoms with van der Waals surface area (Å²) in [6.07, 6.45) is 1.53. The maximum absolute atomic E-state index is 12.0.